The number of ketones is 1. The van der Waals surface area contributed by atoms with Crippen LogP contribution in [0.15, 0.2) is 53.1 Å². The van der Waals surface area contributed by atoms with Crippen molar-refractivity contribution >= 4 is 29.0 Å². The van der Waals surface area contributed by atoms with Gasteiger partial charge in [-0.3, -0.25) is 9.59 Å². The highest BCUT2D eigenvalue weighted by Gasteiger charge is 2.48. The van der Waals surface area contributed by atoms with Crippen molar-refractivity contribution in [3.8, 4) is 11.6 Å². The van der Waals surface area contributed by atoms with Crippen molar-refractivity contribution in [2.75, 3.05) is 5.32 Å². The first-order valence-electron chi connectivity index (χ1n) is 7.91. The molecule has 136 valence electrons. The normalized spacial score (nSPS) is 18.2. The molecule has 2 aromatic carbocycles. The molecule has 0 saturated carbocycles. The number of nitrogens with one attached hydrogen (secondary N) is 1. The molecule has 1 aromatic heterocycles. The maximum atomic E-state index is 12.8. The van der Waals surface area contributed by atoms with Gasteiger partial charge < -0.3 is 20.1 Å². The fourth-order valence-corrected chi connectivity index (χ4v) is 3.16. The summed E-state index contributed by atoms with van der Waals surface area (Å²) in [5.41, 5.74) is -1.43. The Morgan fingerprint density at radius 3 is 2.70 bits per heavy atom. The van der Waals surface area contributed by atoms with Gasteiger partial charge in [0, 0.05) is 28.4 Å². The van der Waals surface area contributed by atoms with Crippen molar-refractivity contribution < 1.29 is 29.0 Å². The van der Waals surface area contributed by atoms with Gasteiger partial charge in [-0.2, -0.15) is 0 Å². The molecule has 3 aromatic rings. The molecule has 9 heteroatoms. The van der Waals surface area contributed by atoms with Gasteiger partial charge in [0.1, 0.15) is 0 Å². The minimum Gasteiger partial charge on any atom is -0.539 e. The van der Waals surface area contributed by atoms with Crippen molar-refractivity contribution in [1.82, 2.24) is 5.27 Å². The number of halogens is 1. The van der Waals surface area contributed by atoms with E-state index in [2.05, 4.69) is 15.1 Å². The van der Waals surface area contributed by atoms with Crippen LogP contribution in [0.4, 0.5) is 5.69 Å². The summed E-state index contributed by atoms with van der Waals surface area (Å²) in [6.07, 6.45) is -0.639. The Hall–Kier alpha value is -3.23. The molecule has 0 bridgehead atoms. The van der Waals surface area contributed by atoms with Gasteiger partial charge in [-0.15, -0.1) is 0 Å². The minimum absolute atomic E-state index is 0.269. The maximum Gasteiger partial charge on any atom is 0.306 e. The fraction of sp³-hybridized carbons (Fsp3) is 0.111. The molecular weight excluding hydrogens is 374 g/mol. The number of carbonyl (C=O) groups excluding carboxylic acids is 2. The Morgan fingerprint density at radius 2 is 1.96 bits per heavy atom. The average molecular weight is 386 g/mol. The molecule has 4 rings (SSSR count). The van der Waals surface area contributed by atoms with Gasteiger partial charge in [0.25, 0.3) is 5.91 Å². The van der Waals surface area contributed by atoms with E-state index in [0.29, 0.717) is 16.4 Å². The predicted octanol–water partition coefficient (Wildman–Crippen LogP) is 1.09. The van der Waals surface area contributed by atoms with E-state index in [1.165, 1.54) is 0 Å². The number of para-hydroxylation sites is 1. The molecule has 1 aliphatic heterocycles. The van der Waals surface area contributed by atoms with Crippen molar-refractivity contribution in [1.29, 1.82) is 0 Å². The molecule has 0 aliphatic carbocycles. The quantitative estimate of drug-likeness (QED) is 0.512. The summed E-state index contributed by atoms with van der Waals surface area (Å²) in [6, 6.07) is 12.7. The number of rotatable bonds is 4. The third-order valence-corrected chi connectivity index (χ3v) is 4.61. The third-order valence-electron chi connectivity index (χ3n) is 4.36. The highest BCUT2D eigenvalue weighted by atomic mass is 35.5. The number of benzene rings is 2. The number of nitrogens with zero attached hydrogens (tertiary/aromatic N) is 2. The molecule has 0 radical (unpaired) electrons. The number of aromatic nitrogens is 2. The number of Topliss-reactive ketones (excluding diaryl/α,β-unsaturated/α-hetero) is 1. The van der Waals surface area contributed by atoms with E-state index in [1.807, 2.05) is 0 Å². The molecule has 1 atom stereocenters. The summed E-state index contributed by atoms with van der Waals surface area (Å²) >= 11 is 5.84. The number of hydrogen-bond acceptors (Lipinski definition) is 6. The first-order valence-corrected chi connectivity index (χ1v) is 8.29. The zero-order chi connectivity index (χ0) is 19.2. The molecule has 0 fully saturated rings. The zero-order valence-electron chi connectivity index (χ0n) is 13.7. The highest BCUT2D eigenvalue weighted by molar-refractivity contribution is 6.30. The lowest BCUT2D eigenvalue weighted by Crippen LogP contribution is -2.42. The summed E-state index contributed by atoms with van der Waals surface area (Å²) < 4.78 is 5.63. The van der Waals surface area contributed by atoms with Gasteiger partial charge in [-0.05, 0) is 22.9 Å². The molecule has 0 spiro atoms. The molecule has 2 N–H and O–H groups in total. The molecule has 1 unspecified atom stereocenters. The van der Waals surface area contributed by atoms with Crippen molar-refractivity contribution in [2.24, 2.45) is 0 Å². The average Bonchev–Trinajstić information content (AvgIpc) is 3.14. The van der Waals surface area contributed by atoms with Gasteiger partial charge in [0.2, 0.25) is 11.5 Å². The Kier molecular flexibility index (Phi) is 3.94. The van der Waals surface area contributed by atoms with Crippen molar-refractivity contribution in [3.05, 3.63) is 64.8 Å². The number of carbonyl (C=O) groups is 2. The number of hydrogen-bond donors (Lipinski definition) is 2. The van der Waals surface area contributed by atoms with Crippen LogP contribution in [-0.4, -0.2) is 22.1 Å². The smallest absolute Gasteiger partial charge is 0.306 e. The molecule has 27 heavy (non-hydrogen) atoms. The zero-order valence-corrected chi connectivity index (χ0v) is 14.4. The summed E-state index contributed by atoms with van der Waals surface area (Å²) in [7, 11) is 0. The number of anilines is 1. The largest absolute Gasteiger partial charge is 0.539 e. The summed E-state index contributed by atoms with van der Waals surface area (Å²) in [5.74, 6) is -2.49. The van der Waals surface area contributed by atoms with Crippen LogP contribution in [0.1, 0.15) is 22.5 Å². The molecule has 1 amide bonds. The van der Waals surface area contributed by atoms with Crippen LogP contribution < -0.4 is 15.1 Å². The molecule has 2 heterocycles. The van der Waals surface area contributed by atoms with Gasteiger partial charge in [0.05, 0.1) is 11.7 Å². The van der Waals surface area contributed by atoms with Crippen LogP contribution in [0.25, 0.3) is 5.69 Å². The first-order chi connectivity index (χ1) is 12.9. The second-order valence-corrected chi connectivity index (χ2v) is 6.49. The topological polar surface area (TPSA) is 119 Å². The minimum atomic E-state index is -2.09. The first kappa shape index (κ1) is 17.2. The van der Waals surface area contributed by atoms with Gasteiger partial charge in [0.15, 0.2) is 11.5 Å². The van der Waals surface area contributed by atoms with Crippen LogP contribution in [0, 0.1) is 0 Å². The second kappa shape index (κ2) is 6.19. The van der Waals surface area contributed by atoms with E-state index >= 15 is 0 Å². The number of fused-ring (bicyclic) bond motifs is 1. The Morgan fingerprint density at radius 1 is 1.26 bits per heavy atom. The van der Waals surface area contributed by atoms with Gasteiger partial charge in [-0.1, -0.05) is 29.8 Å². The molecule has 8 nitrogen and oxygen atoms in total. The highest BCUT2D eigenvalue weighted by Crippen LogP contribution is 2.39. The van der Waals surface area contributed by atoms with E-state index in [1.54, 1.807) is 48.5 Å². The van der Waals surface area contributed by atoms with Gasteiger partial charge >= 0.3 is 5.69 Å². The fourth-order valence-electron chi connectivity index (χ4n) is 3.03. The Balaban J connectivity index is 1.72. The van der Waals surface area contributed by atoms with Crippen LogP contribution in [0.3, 0.4) is 0 Å². The monoisotopic (exact) mass is 385 g/mol. The lowest BCUT2D eigenvalue weighted by atomic mass is 9.89. The number of amides is 1. The van der Waals surface area contributed by atoms with E-state index < -0.39 is 35.4 Å². The van der Waals surface area contributed by atoms with E-state index in [-0.39, 0.29) is 5.56 Å². The SMILES string of the molecule is O=C(CC1(O)C(=O)Nc2ccccc21)c1c([O-])on[n+]1-c1ccc(Cl)cc1. The lowest BCUT2D eigenvalue weighted by molar-refractivity contribution is -0.672. The van der Waals surface area contributed by atoms with Crippen molar-refractivity contribution in [3.63, 3.8) is 0 Å². The summed E-state index contributed by atoms with van der Waals surface area (Å²) in [6.45, 7) is 0. The standard InChI is InChI=1S/C18H12ClN3O5/c19-10-5-7-11(8-6-10)22-15(16(24)27-21-22)14(23)9-18(26)12-3-1-2-4-13(12)20-17(18)25/h1-8,26H,9H2,(H-,20,21,23,24,25). The lowest BCUT2D eigenvalue weighted by Gasteiger charge is -2.18. The second-order valence-electron chi connectivity index (χ2n) is 6.06. The molecule has 0 saturated heterocycles. The van der Waals surface area contributed by atoms with E-state index in [0.717, 1.165) is 4.68 Å². The number of aliphatic hydroxyl groups is 1. The van der Waals surface area contributed by atoms with Crippen LogP contribution in [0.2, 0.25) is 5.02 Å². The van der Waals surface area contributed by atoms with Crippen LogP contribution in [0.5, 0.6) is 5.95 Å². The molecular formula is C18H12ClN3O5. The predicted molar refractivity (Wildman–Crippen MR) is 90.4 cm³/mol. The maximum absolute atomic E-state index is 12.8. The third kappa shape index (κ3) is 2.75. The van der Waals surface area contributed by atoms with E-state index in [9.17, 15) is 19.8 Å². The Bertz CT molecular complexity index is 1060. The van der Waals surface area contributed by atoms with Gasteiger partial charge in [-0.25, -0.2) is 0 Å². The van der Waals surface area contributed by atoms with Crippen LogP contribution >= 0.6 is 11.6 Å². The van der Waals surface area contributed by atoms with E-state index in [4.69, 9.17) is 11.6 Å². The van der Waals surface area contributed by atoms with Crippen molar-refractivity contribution in [2.45, 2.75) is 12.0 Å². The summed E-state index contributed by atoms with van der Waals surface area (Å²) in [4.78, 5) is 25.1. The Labute approximate surface area is 157 Å². The molecule has 1 aliphatic rings. The van der Waals surface area contributed by atoms with Crippen LogP contribution in [-0.2, 0) is 10.4 Å². The summed E-state index contributed by atoms with van der Waals surface area (Å²) in [5, 5.41) is 29.5.